The maximum atomic E-state index is 13.7. The van der Waals surface area contributed by atoms with Gasteiger partial charge in [-0.2, -0.15) is 9.78 Å². The number of amides is 1. The van der Waals surface area contributed by atoms with E-state index in [2.05, 4.69) is 10.4 Å². The van der Waals surface area contributed by atoms with Crippen LogP contribution in [0.4, 0.5) is 11.4 Å². The summed E-state index contributed by atoms with van der Waals surface area (Å²) in [5.74, 6) is 0.813. The quantitative estimate of drug-likeness (QED) is 0.353. The normalized spacial score (nSPS) is 13.0. The fourth-order valence-corrected chi connectivity index (χ4v) is 4.42. The summed E-state index contributed by atoms with van der Waals surface area (Å²) in [5, 5.41) is 7.89. The van der Waals surface area contributed by atoms with Gasteiger partial charge in [-0.1, -0.05) is 41.9 Å². The second-order valence-corrected chi connectivity index (χ2v) is 9.08. The summed E-state index contributed by atoms with van der Waals surface area (Å²) < 4.78 is 7.31. The molecule has 1 aliphatic rings. The van der Waals surface area contributed by atoms with Gasteiger partial charge in [0.05, 0.1) is 16.9 Å². The maximum Gasteiger partial charge on any atom is 0.299 e. The van der Waals surface area contributed by atoms with Gasteiger partial charge >= 0.3 is 0 Å². The molecule has 4 aromatic rings. The number of aromatic nitrogens is 2. The van der Waals surface area contributed by atoms with E-state index in [9.17, 15) is 9.59 Å². The molecule has 2 heterocycles. The highest BCUT2D eigenvalue weighted by molar-refractivity contribution is 6.32. The van der Waals surface area contributed by atoms with Crippen LogP contribution in [0.2, 0.25) is 5.02 Å². The van der Waals surface area contributed by atoms with Crippen molar-refractivity contribution < 1.29 is 9.53 Å². The first-order chi connectivity index (χ1) is 17.5. The second kappa shape index (κ2) is 10.3. The second-order valence-electron chi connectivity index (χ2n) is 8.68. The van der Waals surface area contributed by atoms with Crippen LogP contribution in [0, 0.1) is 6.92 Å². The number of rotatable bonds is 6. The summed E-state index contributed by atoms with van der Waals surface area (Å²) in [7, 11) is 0. The number of hydrogen-bond acceptors (Lipinski definition) is 5. The van der Waals surface area contributed by atoms with Crippen LogP contribution < -0.4 is 15.6 Å². The molecule has 8 heteroatoms. The van der Waals surface area contributed by atoms with Crippen molar-refractivity contribution in [2.75, 3.05) is 18.4 Å². The van der Waals surface area contributed by atoms with Crippen LogP contribution in [-0.2, 0) is 0 Å². The van der Waals surface area contributed by atoms with Gasteiger partial charge in [-0.3, -0.25) is 9.59 Å². The van der Waals surface area contributed by atoms with Crippen molar-refractivity contribution >= 4 is 28.9 Å². The topological polar surface area (TPSA) is 76.5 Å². The van der Waals surface area contributed by atoms with Crippen LogP contribution in [0.25, 0.3) is 5.69 Å². The summed E-state index contributed by atoms with van der Waals surface area (Å²) >= 11 is 6.35. The Bertz CT molecular complexity index is 1480. The highest BCUT2D eigenvalue weighted by Crippen LogP contribution is 2.30. The molecule has 0 spiro atoms. The summed E-state index contributed by atoms with van der Waals surface area (Å²) in [6.07, 6.45) is 3.51. The van der Waals surface area contributed by atoms with Gasteiger partial charge in [-0.25, -0.2) is 0 Å². The minimum atomic E-state index is -0.440. The molecule has 36 heavy (non-hydrogen) atoms. The van der Waals surface area contributed by atoms with E-state index in [1.54, 1.807) is 48.5 Å². The number of carbonyl (C=O) groups is 1. The number of ether oxygens (including phenoxy) is 1. The van der Waals surface area contributed by atoms with Crippen molar-refractivity contribution in [3.8, 4) is 17.2 Å². The van der Waals surface area contributed by atoms with E-state index >= 15 is 0 Å². The van der Waals surface area contributed by atoms with Crippen LogP contribution >= 0.6 is 11.6 Å². The van der Waals surface area contributed by atoms with E-state index in [0.717, 1.165) is 31.5 Å². The monoisotopic (exact) mass is 500 g/mol. The first-order valence-electron chi connectivity index (χ1n) is 11.8. The number of anilines is 2. The van der Waals surface area contributed by atoms with Gasteiger partial charge in [0.1, 0.15) is 5.75 Å². The molecule has 1 aromatic heterocycles. The van der Waals surface area contributed by atoms with Crippen molar-refractivity contribution in [1.29, 1.82) is 0 Å². The van der Waals surface area contributed by atoms with Gasteiger partial charge in [0.2, 0.25) is 0 Å². The Morgan fingerprint density at radius 3 is 2.56 bits per heavy atom. The molecule has 3 aromatic carbocycles. The van der Waals surface area contributed by atoms with Crippen LogP contribution in [-0.4, -0.2) is 33.7 Å². The zero-order valence-electron chi connectivity index (χ0n) is 19.8. The van der Waals surface area contributed by atoms with E-state index in [1.165, 1.54) is 10.9 Å². The first-order valence-corrected chi connectivity index (χ1v) is 12.2. The molecule has 182 valence electrons. The number of benzene rings is 3. The van der Waals surface area contributed by atoms with E-state index in [1.807, 2.05) is 36.1 Å². The standard InChI is InChI=1S/C28H25ClN4O3/c1-19-8-6-11-22(16-19)36-25-18-30-33(24-13-3-2-12-23(24)29)28(35)26(25)31-21-10-7-9-20(17-21)27(34)32-14-4-5-15-32/h2-3,6-13,16-18,31H,4-5,14-15H2,1H3. The van der Waals surface area contributed by atoms with Crippen molar-refractivity contribution in [2.24, 2.45) is 0 Å². The predicted molar refractivity (Wildman–Crippen MR) is 141 cm³/mol. The maximum absolute atomic E-state index is 13.7. The SMILES string of the molecule is Cc1cccc(Oc2cnn(-c3ccccc3Cl)c(=O)c2Nc2cccc(C(=O)N3CCCC3)c2)c1. The Kier molecular flexibility index (Phi) is 6.73. The Balaban J connectivity index is 1.55. The third-order valence-electron chi connectivity index (χ3n) is 6.01. The molecular formula is C28H25ClN4O3. The molecule has 5 rings (SSSR count). The summed E-state index contributed by atoms with van der Waals surface area (Å²) in [6.45, 7) is 3.48. The molecule has 1 amide bonds. The number of para-hydroxylation sites is 1. The Hall–Kier alpha value is -4.10. The van der Waals surface area contributed by atoms with Crippen LogP contribution in [0.5, 0.6) is 11.5 Å². The lowest BCUT2D eigenvalue weighted by Gasteiger charge is -2.17. The molecule has 0 radical (unpaired) electrons. The van der Waals surface area contributed by atoms with Gasteiger partial charge < -0.3 is 15.0 Å². The molecule has 1 fully saturated rings. The molecule has 1 saturated heterocycles. The minimum Gasteiger partial charge on any atom is -0.453 e. The van der Waals surface area contributed by atoms with Crippen molar-refractivity contribution in [2.45, 2.75) is 19.8 Å². The van der Waals surface area contributed by atoms with Crippen molar-refractivity contribution in [3.63, 3.8) is 0 Å². The predicted octanol–water partition coefficient (Wildman–Crippen LogP) is 5.97. The van der Waals surface area contributed by atoms with E-state index in [4.69, 9.17) is 16.3 Å². The summed E-state index contributed by atoms with van der Waals surface area (Å²) in [5.41, 5.74) is 2.35. The molecule has 0 bridgehead atoms. The third-order valence-corrected chi connectivity index (χ3v) is 6.33. The minimum absolute atomic E-state index is 0.0180. The highest BCUT2D eigenvalue weighted by atomic mass is 35.5. The fraction of sp³-hybridized carbons (Fsp3) is 0.179. The largest absolute Gasteiger partial charge is 0.453 e. The molecule has 7 nitrogen and oxygen atoms in total. The Labute approximate surface area is 213 Å². The summed E-state index contributed by atoms with van der Waals surface area (Å²) in [4.78, 5) is 28.4. The average molecular weight is 501 g/mol. The van der Waals surface area contributed by atoms with Gasteiger partial charge in [-0.15, -0.1) is 0 Å². The van der Waals surface area contributed by atoms with E-state index < -0.39 is 5.56 Å². The van der Waals surface area contributed by atoms with E-state index in [0.29, 0.717) is 27.7 Å². The zero-order chi connectivity index (χ0) is 25.1. The molecular weight excluding hydrogens is 476 g/mol. The zero-order valence-corrected chi connectivity index (χ0v) is 20.5. The first kappa shape index (κ1) is 23.6. The average Bonchev–Trinajstić information content (AvgIpc) is 3.42. The number of nitrogens with zero attached hydrogens (tertiary/aromatic N) is 3. The van der Waals surface area contributed by atoms with Crippen molar-refractivity contribution in [3.05, 3.63) is 105 Å². The third kappa shape index (κ3) is 4.97. The van der Waals surface area contributed by atoms with Crippen LogP contribution in [0.3, 0.4) is 0 Å². The fourth-order valence-electron chi connectivity index (χ4n) is 4.21. The number of likely N-dealkylation sites (tertiary alicyclic amines) is 1. The lowest BCUT2D eigenvalue weighted by Crippen LogP contribution is -2.27. The number of hydrogen-bond donors (Lipinski definition) is 1. The van der Waals surface area contributed by atoms with Crippen molar-refractivity contribution in [1.82, 2.24) is 14.7 Å². The van der Waals surface area contributed by atoms with Crippen LogP contribution in [0.1, 0.15) is 28.8 Å². The lowest BCUT2D eigenvalue weighted by molar-refractivity contribution is 0.0793. The molecule has 1 N–H and O–H groups in total. The molecule has 1 aliphatic heterocycles. The van der Waals surface area contributed by atoms with Gasteiger partial charge in [-0.05, 0) is 67.8 Å². The Morgan fingerprint density at radius 2 is 1.78 bits per heavy atom. The van der Waals surface area contributed by atoms with Gasteiger partial charge in [0.25, 0.3) is 11.5 Å². The van der Waals surface area contributed by atoms with Gasteiger partial charge in [0.15, 0.2) is 11.4 Å². The summed E-state index contributed by atoms with van der Waals surface area (Å²) in [6, 6.07) is 21.6. The molecule has 0 saturated carbocycles. The van der Waals surface area contributed by atoms with E-state index in [-0.39, 0.29) is 17.3 Å². The Morgan fingerprint density at radius 1 is 1.00 bits per heavy atom. The highest BCUT2D eigenvalue weighted by Gasteiger charge is 2.21. The smallest absolute Gasteiger partial charge is 0.299 e. The number of aryl methyl sites for hydroxylation is 1. The number of halogens is 1. The number of carbonyl (C=O) groups excluding carboxylic acids is 1. The molecule has 0 aliphatic carbocycles. The lowest BCUT2D eigenvalue weighted by atomic mass is 10.1. The molecule has 0 atom stereocenters. The molecule has 0 unspecified atom stereocenters. The van der Waals surface area contributed by atoms with Gasteiger partial charge in [0, 0.05) is 24.3 Å². The number of nitrogens with one attached hydrogen (secondary N) is 1. The van der Waals surface area contributed by atoms with Crippen LogP contribution in [0.15, 0.2) is 83.8 Å².